The van der Waals surface area contributed by atoms with Crippen molar-refractivity contribution in [1.29, 1.82) is 0 Å². The maximum atomic E-state index is 11.0. The minimum atomic E-state index is -0.522. The summed E-state index contributed by atoms with van der Waals surface area (Å²) in [6.07, 6.45) is 3.46. The maximum absolute atomic E-state index is 11.0. The Hall–Kier alpha value is -1.63. The third kappa shape index (κ3) is 1.84. The largest absolute Gasteiger partial charge is 0.487 e. The molecule has 0 unspecified atom stereocenters. The van der Waals surface area contributed by atoms with Crippen LogP contribution in [-0.2, 0) is 4.74 Å². The van der Waals surface area contributed by atoms with Crippen LogP contribution >= 0.6 is 0 Å². The fourth-order valence-corrected chi connectivity index (χ4v) is 2.55. The van der Waals surface area contributed by atoms with Crippen LogP contribution in [0, 0.1) is 10.1 Å². The molecule has 1 aliphatic heterocycles. The Kier molecular flexibility index (Phi) is 2.70. The highest BCUT2D eigenvalue weighted by molar-refractivity contribution is 5.48. The summed E-state index contributed by atoms with van der Waals surface area (Å²) >= 11 is 0. The highest BCUT2D eigenvalue weighted by Crippen LogP contribution is 2.48. The summed E-state index contributed by atoms with van der Waals surface area (Å²) in [5.41, 5.74) is 0.397. The number of aromatic nitrogens is 2. The number of aromatic hydroxyl groups is 1. The van der Waals surface area contributed by atoms with E-state index >= 15 is 0 Å². The lowest BCUT2D eigenvalue weighted by Gasteiger charge is -2.23. The molecule has 1 saturated carbocycles. The van der Waals surface area contributed by atoms with Crippen LogP contribution in [0.1, 0.15) is 43.3 Å². The number of hydrogen-bond donors (Lipinski definition) is 1. The van der Waals surface area contributed by atoms with E-state index in [0.717, 1.165) is 25.7 Å². The topological polar surface area (TPSA) is 90.4 Å². The molecular formula is C11H15N3O4. The fraction of sp³-hybridized carbons (Fsp3) is 0.727. The Bertz CT molecular complexity index is 475. The molecule has 1 N–H and O–H groups in total. The van der Waals surface area contributed by atoms with E-state index in [2.05, 4.69) is 5.10 Å². The Labute approximate surface area is 104 Å². The molecule has 3 rings (SSSR count). The van der Waals surface area contributed by atoms with Crippen molar-refractivity contribution < 1.29 is 14.8 Å². The number of ether oxygens (including phenoxy) is 1. The molecule has 7 heteroatoms. The van der Waals surface area contributed by atoms with Crippen molar-refractivity contribution in [2.75, 3.05) is 13.2 Å². The number of rotatable bonds is 3. The molecule has 2 aliphatic rings. The van der Waals surface area contributed by atoms with Crippen molar-refractivity contribution in [1.82, 2.24) is 9.78 Å². The van der Waals surface area contributed by atoms with Crippen LogP contribution in [0.4, 0.5) is 5.69 Å². The van der Waals surface area contributed by atoms with Gasteiger partial charge >= 0.3 is 11.6 Å². The van der Waals surface area contributed by atoms with Crippen LogP contribution in [0.2, 0.25) is 0 Å². The standard InChI is InChI=1S/C11H15N3O4/c15-11-10(14(16)17)9(7-1-2-7)13(12-11)8-3-5-18-6-4-8/h7-8H,1-6H2,(H,12,15). The van der Waals surface area contributed by atoms with E-state index in [4.69, 9.17) is 4.74 Å². The van der Waals surface area contributed by atoms with Gasteiger partial charge in [-0.25, -0.2) is 0 Å². The minimum absolute atomic E-state index is 0.106. The number of hydrogen-bond acceptors (Lipinski definition) is 5. The first-order chi connectivity index (χ1) is 8.68. The molecule has 1 aliphatic carbocycles. The van der Waals surface area contributed by atoms with Crippen LogP contribution in [0.3, 0.4) is 0 Å². The first kappa shape index (κ1) is 11.5. The second-order valence-electron chi connectivity index (χ2n) is 4.88. The van der Waals surface area contributed by atoms with E-state index in [0.29, 0.717) is 18.9 Å². The Morgan fingerprint density at radius 2 is 2.00 bits per heavy atom. The zero-order valence-electron chi connectivity index (χ0n) is 9.91. The van der Waals surface area contributed by atoms with Crippen LogP contribution < -0.4 is 0 Å². The summed E-state index contributed by atoms with van der Waals surface area (Å²) in [5, 5.41) is 24.7. The number of nitro groups is 1. The Balaban J connectivity index is 2.02. The first-order valence-corrected chi connectivity index (χ1v) is 6.22. The lowest BCUT2D eigenvalue weighted by molar-refractivity contribution is -0.386. The van der Waals surface area contributed by atoms with Gasteiger partial charge in [0.1, 0.15) is 5.69 Å². The van der Waals surface area contributed by atoms with E-state index in [1.54, 1.807) is 4.68 Å². The van der Waals surface area contributed by atoms with Crippen molar-refractivity contribution in [2.24, 2.45) is 0 Å². The predicted octanol–water partition coefficient (Wildman–Crippen LogP) is 1.73. The molecule has 1 aromatic rings. The van der Waals surface area contributed by atoms with Gasteiger partial charge in [0.15, 0.2) is 0 Å². The first-order valence-electron chi connectivity index (χ1n) is 6.22. The average molecular weight is 253 g/mol. The van der Waals surface area contributed by atoms with Crippen LogP contribution in [0.15, 0.2) is 0 Å². The van der Waals surface area contributed by atoms with Gasteiger partial charge < -0.3 is 9.84 Å². The van der Waals surface area contributed by atoms with E-state index in [1.807, 2.05) is 0 Å². The monoisotopic (exact) mass is 253 g/mol. The molecule has 0 amide bonds. The molecule has 1 saturated heterocycles. The van der Waals surface area contributed by atoms with Gasteiger partial charge in [0.05, 0.1) is 11.0 Å². The molecule has 7 nitrogen and oxygen atoms in total. The van der Waals surface area contributed by atoms with Gasteiger partial charge in [-0.1, -0.05) is 0 Å². The van der Waals surface area contributed by atoms with E-state index in [-0.39, 0.29) is 17.6 Å². The minimum Gasteiger partial charge on any atom is -0.487 e. The summed E-state index contributed by atoms with van der Waals surface area (Å²) < 4.78 is 6.96. The summed E-state index contributed by atoms with van der Waals surface area (Å²) in [6.45, 7) is 1.28. The van der Waals surface area contributed by atoms with Crippen LogP contribution in [0.5, 0.6) is 5.88 Å². The molecule has 0 spiro atoms. The second kappa shape index (κ2) is 4.24. The van der Waals surface area contributed by atoms with Crippen molar-refractivity contribution in [3.05, 3.63) is 15.8 Å². The lowest BCUT2D eigenvalue weighted by Crippen LogP contribution is -2.22. The van der Waals surface area contributed by atoms with Gasteiger partial charge in [0.2, 0.25) is 0 Å². The molecular weight excluding hydrogens is 238 g/mol. The van der Waals surface area contributed by atoms with Crippen LogP contribution in [0.25, 0.3) is 0 Å². The van der Waals surface area contributed by atoms with Gasteiger partial charge in [0.25, 0.3) is 0 Å². The highest BCUT2D eigenvalue weighted by Gasteiger charge is 2.40. The maximum Gasteiger partial charge on any atom is 0.353 e. The summed E-state index contributed by atoms with van der Waals surface area (Å²) in [4.78, 5) is 10.5. The Morgan fingerprint density at radius 1 is 1.33 bits per heavy atom. The van der Waals surface area contributed by atoms with E-state index in [9.17, 15) is 15.2 Å². The van der Waals surface area contributed by atoms with Gasteiger partial charge in [-0.15, -0.1) is 5.10 Å². The average Bonchev–Trinajstić information content (AvgIpc) is 3.13. The quantitative estimate of drug-likeness (QED) is 0.654. The fourth-order valence-electron chi connectivity index (χ4n) is 2.55. The van der Waals surface area contributed by atoms with Gasteiger partial charge in [-0.05, 0) is 25.7 Å². The van der Waals surface area contributed by atoms with Gasteiger partial charge in [-0.2, -0.15) is 0 Å². The van der Waals surface area contributed by atoms with E-state index < -0.39 is 10.8 Å². The van der Waals surface area contributed by atoms with Crippen molar-refractivity contribution in [3.63, 3.8) is 0 Å². The third-order valence-corrected chi connectivity index (χ3v) is 3.59. The zero-order valence-corrected chi connectivity index (χ0v) is 9.91. The molecule has 98 valence electrons. The molecule has 1 aromatic heterocycles. The normalized spacial score (nSPS) is 21.1. The van der Waals surface area contributed by atoms with Crippen molar-refractivity contribution >= 4 is 5.69 Å². The summed E-state index contributed by atoms with van der Waals surface area (Å²) in [6, 6.07) is 0.106. The van der Waals surface area contributed by atoms with Crippen molar-refractivity contribution in [3.8, 4) is 5.88 Å². The molecule has 2 fully saturated rings. The SMILES string of the molecule is O=[N+]([O-])c1c(O)nn(C2CCOCC2)c1C1CC1. The molecule has 0 aromatic carbocycles. The molecule has 0 radical (unpaired) electrons. The molecule has 0 atom stereocenters. The van der Waals surface area contributed by atoms with Gasteiger partial charge in [-0.3, -0.25) is 14.8 Å². The Morgan fingerprint density at radius 3 is 2.56 bits per heavy atom. The van der Waals surface area contributed by atoms with Crippen molar-refractivity contribution in [2.45, 2.75) is 37.6 Å². The molecule has 18 heavy (non-hydrogen) atoms. The summed E-state index contributed by atoms with van der Waals surface area (Å²) in [7, 11) is 0. The van der Waals surface area contributed by atoms with E-state index in [1.165, 1.54) is 0 Å². The third-order valence-electron chi connectivity index (χ3n) is 3.59. The molecule has 0 bridgehead atoms. The lowest BCUT2D eigenvalue weighted by atomic mass is 10.1. The smallest absolute Gasteiger partial charge is 0.353 e. The highest BCUT2D eigenvalue weighted by atomic mass is 16.6. The second-order valence-corrected chi connectivity index (χ2v) is 4.88. The predicted molar refractivity (Wildman–Crippen MR) is 61.6 cm³/mol. The number of nitrogens with zero attached hydrogens (tertiary/aromatic N) is 3. The molecule has 2 heterocycles. The van der Waals surface area contributed by atoms with Gasteiger partial charge in [0, 0.05) is 19.1 Å². The van der Waals surface area contributed by atoms with Crippen LogP contribution in [-0.4, -0.2) is 33.0 Å². The summed E-state index contributed by atoms with van der Waals surface area (Å²) in [5.74, 6) is -0.268. The zero-order chi connectivity index (χ0) is 12.7.